The second-order valence-corrected chi connectivity index (χ2v) is 5.64. The van der Waals surface area contributed by atoms with E-state index in [0.717, 1.165) is 18.4 Å². The largest absolute Gasteiger partial charge is 0.349 e. The zero-order valence-corrected chi connectivity index (χ0v) is 15.6. The number of hydrogen-bond donors (Lipinski definition) is 0. The van der Waals surface area contributed by atoms with E-state index in [2.05, 4.69) is 49.8 Å². The molecule has 0 aromatic heterocycles. The summed E-state index contributed by atoms with van der Waals surface area (Å²) in [4.78, 5) is 11.4. The van der Waals surface area contributed by atoms with Crippen molar-refractivity contribution in [2.24, 2.45) is 10.9 Å². The van der Waals surface area contributed by atoms with Crippen molar-refractivity contribution in [3.05, 3.63) is 0 Å². The van der Waals surface area contributed by atoms with E-state index in [-0.39, 0.29) is 24.0 Å². The number of hydrogen-bond acceptors (Lipinski definition) is 2. The minimum atomic E-state index is 0. The van der Waals surface area contributed by atoms with E-state index in [9.17, 15) is 0 Å². The highest BCUT2D eigenvalue weighted by Gasteiger charge is 2.17. The second kappa shape index (κ2) is 9.80. The maximum atomic E-state index is 4.71. The number of likely N-dealkylation sites (tertiary alicyclic amines) is 1. The predicted octanol–water partition coefficient (Wildman–Crippen LogP) is 2.21. The van der Waals surface area contributed by atoms with E-state index < -0.39 is 0 Å². The van der Waals surface area contributed by atoms with Crippen LogP contribution in [0, 0.1) is 5.92 Å². The lowest BCUT2D eigenvalue weighted by molar-refractivity contribution is 0.188. The van der Waals surface area contributed by atoms with Crippen molar-refractivity contribution in [1.29, 1.82) is 0 Å². The third kappa shape index (κ3) is 6.79. The van der Waals surface area contributed by atoms with Crippen LogP contribution in [0.5, 0.6) is 0 Å². The van der Waals surface area contributed by atoms with Crippen LogP contribution < -0.4 is 0 Å². The molecule has 114 valence electrons. The lowest BCUT2D eigenvalue weighted by Crippen LogP contribution is -2.36. The van der Waals surface area contributed by atoms with Gasteiger partial charge < -0.3 is 14.7 Å². The Hall–Kier alpha value is -0.0400. The molecule has 5 heteroatoms. The van der Waals surface area contributed by atoms with Crippen LogP contribution in [0.4, 0.5) is 0 Å². The first kappa shape index (κ1) is 19.0. The number of piperidine rings is 1. The minimum Gasteiger partial charge on any atom is -0.349 e. The quantitative estimate of drug-likeness (QED) is 0.423. The van der Waals surface area contributed by atoms with Crippen LogP contribution in [-0.2, 0) is 0 Å². The van der Waals surface area contributed by atoms with Crippen LogP contribution in [0.15, 0.2) is 4.99 Å². The summed E-state index contributed by atoms with van der Waals surface area (Å²) < 4.78 is 0. The lowest BCUT2D eigenvalue weighted by Gasteiger charge is -2.31. The molecule has 0 aliphatic carbocycles. The van der Waals surface area contributed by atoms with Gasteiger partial charge in [0.15, 0.2) is 5.96 Å². The molecule has 0 radical (unpaired) electrons. The highest BCUT2D eigenvalue weighted by atomic mass is 127. The summed E-state index contributed by atoms with van der Waals surface area (Å²) in [6.07, 6.45) is 3.94. The van der Waals surface area contributed by atoms with E-state index >= 15 is 0 Å². The maximum Gasteiger partial charge on any atom is 0.195 e. The van der Waals surface area contributed by atoms with Gasteiger partial charge in [-0.2, -0.15) is 0 Å². The van der Waals surface area contributed by atoms with Crippen molar-refractivity contribution in [3.63, 3.8) is 0 Å². The molecule has 19 heavy (non-hydrogen) atoms. The molecule has 1 aliphatic heterocycles. The van der Waals surface area contributed by atoms with Crippen LogP contribution in [0.3, 0.4) is 0 Å². The summed E-state index contributed by atoms with van der Waals surface area (Å²) in [6, 6.07) is 0. The SMILES string of the molecule is CCN1CCC(CCN=C(N(C)C)N(C)C)CC1.I. The lowest BCUT2D eigenvalue weighted by atomic mass is 9.94. The molecule has 0 aromatic rings. The number of nitrogens with zero attached hydrogens (tertiary/aromatic N) is 4. The number of rotatable bonds is 4. The van der Waals surface area contributed by atoms with E-state index in [0.29, 0.717) is 0 Å². The van der Waals surface area contributed by atoms with Gasteiger partial charge in [-0.1, -0.05) is 6.92 Å². The molecule has 0 aromatic carbocycles. The molecule has 4 nitrogen and oxygen atoms in total. The fourth-order valence-electron chi connectivity index (χ4n) is 2.62. The van der Waals surface area contributed by atoms with Gasteiger partial charge >= 0.3 is 0 Å². The molecular formula is C14H31IN4. The van der Waals surface area contributed by atoms with Gasteiger partial charge in [0.1, 0.15) is 0 Å². The summed E-state index contributed by atoms with van der Waals surface area (Å²) in [5.74, 6) is 1.95. The first-order valence-electron chi connectivity index (χ1n) is 7.16. The third-order valence-corrected chi connectivity index (χ3v) is 3.74. The van der Waals surface area contributed by atoms with E-state index in [1.807, 2.05) is 0 Å². The Balaban J connectivity index is 0.00000324. The van der Waals surface area contributed by atoms with Crippen molar-refractivity contribution in [2.45, 2.75) is 26.2 Å². The van der Waals surface area contributed by atoms with Gasteiger partial charge in [-0.15, -0.1) is 24.0 Å². The number of aliphatic imine (C=N–C) groups is 1. The molecule has 1 heterocycles. The number of guanidine groups is 1. The smallest absolute Gasteiger partial charge is 0.195 e. The molecule has 0 unspecified atom stereocenters. The molecule has 0 N–H and O–H groups in total. The average molecular weight is 382 g/mol. The molecule has 1 saturated heterocycles. The van der Waals surface area contributed by atoms with Gasteiger partial charge in [0.25, 0.3) is 0 Å². The van der Waals surface area contributed by atoms with Crippen molar-refractivity contribution in [2.75, 3.05) is 54.4 Å². The molecule has 0 amide bonds. The van der Waals surface area contributed by atoms with E-state index in [4.69, 9.17) is 4.99 Å². The Morgan fingerprint density at radius 2 is 1.63 bits per heavy atom. The second-order valence-electron chi connectivity index (χ2n) is 5.64. The summed E-state index contributed by atoms with van der Waals surface area (Å²) in [7, 11) is 8.22. The minimum absolute atomic E-state index is 0. The standard InChI is InChI=1S/C14H30N4.HI/c1-6-18-11-8-13(9-12-18)7-10-15-14(16(2)3)17(4)5;/h13H,6-12H2,1-5H3;1H. The van der Waals surface area contributed by atoms with Crippen molar-refractivity contribution in [1.82, 2.24) is 14.7 Å². The summed E-state index contributed by atoms with van der Waals surface area (Å²) >= 11 is 0. The molecular weight excluding hydrogens is 351 g/mol. The predicted molar refractivity (Wildman–Crippen MR) is 94.5 cm³/mol. The molecule has 0 atom stereocenters. The fourth-order valence-corrected chi connectivity index (χ4v) is 2.62. The molecule has 0 spiro atoms. The first-order chi connectivity index (χ1) is 8.54. The molecule has 1 aliphatic rings. The molecule has 0 bridgehead atoms. The Morgan fingerprint density at radius 1 is 1.11 bits per heavy atom. The van der Waals surface area contributed by atoms with Gasteiger partial charge in [0.2, 0.25) is 0 Å². The van der Waals surface area contributed by atoms with Gasteiger partial charge in [-0.25, -0.2) is 0 Å². The Kier molecular flexibility index (Phi) is 9.78. The Morgan fingerprint density at radius 3 is 2.05 bits per heavy atom. The highest BCUT2D eigenvalue weighted by molar-refractivity contribution is 14.0. The Bertz CT molecular complexity index is 248. The zero-order chi connectivity index (χ0) is 13.5. The normalized spacial score (nSPS) is 16.7. The monoisotopic (exact) mass is 382 g/mol. The highest BCUT2D eigenvalue weighted by Crippen LogP contribution is 2.20. The van der Waals surface area contributed by atoms with Crippen LogP contribution in [0.25, 0.3) is 0 Å². The zero-order valence-electron chi connectivity index (χ0n) is 13.2. The Labute approximate surface area is 136 Å². The van der Waals surface area contributed by atoms with E-state index in [1.54, 1.807) is 0 Å². The fraction of sp³-hybridized carbons (Fsp3) is 0.929. The summed E-state index contributed by atoms with van der Waals surface area (Å²) in [5.41, 5.74) is 0. The summed E-state index contributed by atoms with van der Waals surface area (Å²) in [6.45, 7) is 6.97. The van der Waals surface area contributed by atoms with Crippen LogP contribution >= 0.6 is 24.0 Å². The van der Waals surface area contributed by atoms with Crippen LogP contribution in [-0.4, -0.2) is 75.0 Å². The first-order valence-corrected chi connectivity index (χ1v) is 7.16. The van der Waals surface area contributed by atoms with Crippen LogP contribution in [0.2, 0.25) is 0 Å². The van der Waals surface area contributed by atoms with Gasteiger partial charge in [-0.05, 0) is 44.8 Å². The maximum absolute atomic E-state index is 4.71. The topological polar surface area (TPSA) is 22.1 Å². The number of halogens is 1. The van der Waals surface area contributed by atoms with Crippen molar-refractivity contribution < 1.29 is 0 Å². The van der Waals surface area contributed by atoms with Crippen LogP contribution in [0.1, 0.15) is 26.2 Å². The van der Waals surface area contributed by atoms with E-state index in [1.165, 1.54) is 38.9 Å². The van der Waals surface area contributed by atoms with Gasteiger partial charge in [-0.3, -0.25) is 4.99 Å². The summed E-state index contributed by atoms with van der Waals surface area (Å²) in [5, 5.41) is 0. The van der Waals surface area contributed by atoms with Crippen molar-refractivity contribution in [3.8, 4) is 0 Å². The third-order valence-electron chi connectivity index (χ3n) is 3.74. The molecule has 0 saturated carbocycles. The molecule has 1 fully saturated rings. The van der Waals surface area contributed by atoms with Gasteiger partial charge in [0, 0.05) is 34.7 Å². The molecule has 1 rings (SSSR count). The van der Waals surface area contributed by atoms with Gasteiger partial charge in [0.05, 0.1) is 0 Å². The average Bonchev–Trinajstić information content (AvgIpc) is 2.34. The van der Waals surface area contributed by atoms with Crippen molar-refractivity contribution >= 4 is 29.9 Å².